The highest BCUT2D eigenvalue weighted by atomic mass is 35.5. The quantitative estimate of drug-likeness (QED) is 0.735. The summed E-state index contributed by atoms with van der Waals surface area (Å²) in [7, 11) is 3.18. The Morgan fingerprint density at radius 2 is 1.88 bits per heavy atom. The Morgan fingerprint density at radius 1 is 1.23 bits per heavy atom. The van der Waals surface area contributed by atoms with Crippen molar-refractivity contribution in [3.63, 3.8) is 0 Å². The molecule has 1 atom stereocenters. The second kappa shape index (κ2) is 6.80. The van der Waals surface area contributed by atoms with E-state index in [1.165, 1.54) is 22.5 Å². The number of nitrogens with zero attached hydrogens (tertiary/aromatic N) is 4. The summed E-state index contributed by atoms with van der Waals surface area (Å²) in [6, 6.07) is 6.78. The fourth-order valence-electron chi connectivity index (χ4n) is 2.80. The smallest absolute Gasteiger partial charge is 0.332 e. The average molecular weight is 376 g/mol. The van der Waals surface area contributed by atoms with Crippen LogP contribution in [0.25, 0.3) is 11.2 Å². The molecule has 0 spiro atoms. The van der Waals surface area contributed by atoms with E-state index < -0.39 is 17.2 Å². The zero-order valence-electron chi connectivity index (χ0n) is 14.6. The third kappa shape index (κ3) is 3.15. The molecule has 136 valence electrons. The van der Waals surface area contributed by atoms with Gasteiger partial charge in [0.25, 0.3) is 5.56 Å². The second-order valence-corrected chi connectivity index (χ2v) is 6.54. The van der Waals surface area contributed by atoms with Crippen LogP contribution in [-0.2, 0) is 25.4 Å². The molecule has 0 aliphatic heterocycles. The Bertz CT molecular complexity index is 1090. The lowest BCUT2D eigenvalue weighted by atomic mass is 10.1. The van der Waals surface area contributed by atoms with Gasteiger partial charge in [-0.3, -0.25) is 14.2 Å². The van der Waals surface area contributed by atoms with Gasteiger partial charge in [-0.15, -0.1) is 0 Å². The number of hydrogen-bond donors (Lipinski definition) is 1. The van der Waals surface area contributed by atoms with Crippen molar-refractivity contribution in [2.75, 3.05) is 0 Å². The summed E-state index contributed by atoms with van der Waals surface area (Å²) in [4.78, 5) is 41.5. The van der Waals surface area contributed by atoms with E-state index >= 15 is 0 Å². The number of fused-ring (bicyclic) bond motifs is 1. The molecule has 3 aromatic rings. The van der Waals surface area contributed by atoms with Crippen LogP contribution in [0.3, 0.4) is 0 Å². The van der Waals surface area contributed by atoms with Gasteiger partial charge in [-0.2, -0.15) is 0 Å². The number of halogens is 1. The maximum Gasteiger partial charge on any atom is 0.332 e. The number of carbonyl (C=O) groups is 1. The molecule has 1 aromatic carbocycles. The van der Waals surface area contributed by atoms with Crippen LogP contribution in [0, 0.1) is 0 Å². The number of aryl methyl sites for hydroxylation is 2. The summed E-state index contributed by atoms with van der Waals surface area (Å²) >= 11 is 5.86. The van der Waals surface area contributed by atoms with Crippen LogP contribution in [-0.4, -0.2) is 24.6 Å². The number of carbonyl (C=O) groups excluding carboxylic acids is 1. The Hall–Kier alpha value is -2.87. The predicted molar refractivity (Wildman–Crippen MR) is 98.2 cm³/mol. The summed E-state index contributed by atoms with van der Waals surface area (Å²) in [6.07, 6.45) is 1.46. The minimum atomic E-state index is -0.588. The molecule has 2 heterocycles. The first-order chi connectivity index (χ1) is 12.3. The SMILES string of the molecule is CC(NC(=O)Cn1c(=O)c2c(ncn2C)n(C)c1=O)c1ccc(Cl)cc1. The van der Waals surface area contributed by atoms with Gasteiger partial charge in [0.2, 0.25) is 5.91 Å². The molecule has 3 rings (SSSR count). The number of imidazole rings is 1. The first-order valence-corrected chi connectivity index (χ1v) is 8.33. The van der Waals surface area contributed by atoms with E-state index in [4.69, 9.17) is 11.6 Å². The highest BCUT2D eigenvalue weighted by Gasteiger charge is 2.18. The van der Waals surface area contributed by atoms with Gasteiger partial charge in [0.1, 0.15) is 6.54 Å². The Kier molecular flexibility index (Phi) is 4.69. The van der Waals surface area contributed by atoms with Gasteiger partial charge in [0, 0.05) is 19.1 Å². The second-order valence-electron chi connectivity index (χ2n) is 6.10. The van der Waals surface area contributed by atoms with E-state index in [1.54, 1.807) is 31.3 Å². The fourth-order valence-corrected chi connectivity index (χ4v) is 2.93. The molecule has 1 N–H and O–H groups in total. The molecule has 0 fully saturated rings. The number of rotatable bonds is 4. The Morgan fingerprint density at radius 3 is 2.54 bits per heavy atom. The third-order valence-electron chi connectivity index (χ3n) is 4.25. The number of nitrogens with one attached hydrogen (secondary N) is 1. The van der Waals surface area contributed by atoms with Gasteiger partial charge in [-0.05, 0) is 24.6 Å². The van der Waals surface area contributed by atoms with Crippen molar-refractivity contribution >= 4 is 28.7 Å². The van der Waals surface area contributed by atoms with E-state index in [-0.39, 0.29) is 23.8 Å². The molecule has 0 bridgehead atoms. The summed E-state index contributed by atoms with van der Waals surface area (Å²) in [5.41, 5.74) is 0.289. The van der Waals surface area contributed by atoms with Crippen molar-refractivity contribution in [1.82, 2.24) is 24.0 Å². The van der Waals surface area contributed by atoms with Crippen LogP contribution in [0.1, 0.15) is 18.5 Å². The molecule has 9 heteroatoms. The van der Waals surface area contributed by atoms with Crippen LogP contribution in [0.4, 0.5) is 0 Å². The molecule has 1 amide bonds. The van der Waals surface area contributed by atoms with Crippen molar-refractivity contribution in [3.8, 4) is 0 Å². The van der Waals surface area contributed by atoms with E-state index in [0.29, 0.717) is 5.02 Å². The molecule has 0 saturated heterocycles. The van der Waals surface area contributed by atoms with Gasteiger partial charge >= 0.3 is 5.69 Å². The van der Waals surface area contributed by atoms with E-state index in [0.717, 1.165) is 10.1 Å². The first-order valence-electron chi connectivity index (χ1n) is 7.95. The predicted octanol–water partition coefficient (Wildman–Crippen LogP) is 0.964. The summed E-state index contributed by atoms with van der Waals surface area (Å²) in [6.45, 7) is 1.44. The molecule has 1 unspecified atom stereocenters. The zero-order chi connectivity index (χ0) is 19.0. The highest BCUT2D eigenvalue weighted by Crippen LogP contribution is 2.15. The zero-order valence-corrected chi connectivity index (χ0v) is 15.3. The number of benzene rings is 1. The Labute approximate surface area is 153 Å². The maximum absolute atomic E-state index is 12.6. The monoisotopic (exact) mass is 375 g/mol. The average Bonchev–Trinajstić information content (AvgIpc) is 2.99. The minimum Gasteiger partial charge on any atom is -0.348 e. The van der Waals surface area contributed by atoms with Crippen molar-refractivity contribution in [1.29, 1.82) is 0 Å². The largest absolute Gasteiger partial charge is 0.348 e. The lowest BCUT2D eigenvalue weighted by molar-refractivity contribution is -0.122. The maximum atomic E-state index is 12.6. The molecule has 0 aliphatic carbocycles. The number of hydrogen-bond acceptors (Lipinski definition) is 4. The lowest BCUT2D eigenvalue weighted by Gasteiger charge is -2.15. The summed E-state index contributed by atoms with van der Waals surface area (Å²) < 4.78 is 3.70. The van der Waals surface area contributed by atoms with Gasteiger partial charge in [-0.25, -0.2) is 14.3 Å². The highest BCUT2D eigenvalue weighted by molar-refractivity contribution is 6.30. The van der Waals surface area contributed by atoms with Gasteiger partial charge in [0.05, 0.1) is 12.4 Å². The van der Waals surface area contributed by atoms with Crippen molar-refractivity contribution < 1.29 is 4.79 Å². The van der Waals surface area contributed by atoms with Crippen LogP contribution in [0.5, 0.6) is 0 Å². The first kappa shape index (κ1) is 17.9. The normalized spacial score (nSPS) is 12.3. The molecule has 0 aliphatic rings. The standard InChI is InChI=1S/C17H18ClN5O3/c1-10(11-4-6-12(18)7-5-11)20-13(24)8-23-16(25)14-15(19-9-21(14)2)22(3)17(23)26/h4-7,9-10H,8H2,1-3H3,(H,20,24). The van der Waals surface area contributed by atoms with E-state index in [1.807, 2.05) is 6.92 Å². The molecular formula is C17H18ClN5O3. The fraction of sp³-hybridized carbons (Fsp3) is 0.294. The van der Waals surface area contributed by atoms with Gasteiger partial charge in [0.15, 0.2) is 11.2 Å². The topological polar surface area (TPSA) is 90.9 Å². The Balaban J connectivity index is 1.88. The minimum absolute atomic E-state index is 0.269. The van der Waals surface area contributed by atoms with Crippen molar-refractivity contribution in [2.24, 2.45) is 14.1 Å². The molecule has 2 aromatic heterocycles. The molecular weight excluding hydrogens is 358 g/mol. The van der Waals surface area contributed by atoms with Crippen LogP contribution < -0.4 is 16.6 Å². The third-order valence-corrected chi connectivity index (χ3v) is 4.50. The molecule has 26 heavy (non-hydrogen) atoms. The summed E-state index contributed by atoms with van der Waals surface area (Å²) in [5, 5.41) is 3.39. The number of aromatic nitrogens is 4. The van der Waals surface area contributed by atoms with Crippen molar-refractivity contribution in [3.05, 3.63) is 62.0 Å². The molecule has 8 nitrogen and oxygen atoms in total. The van der Waals surface area contributed by atoms with Crippen LogP contribution in [0.2, 0.25) is 5.02 Å². The number of amides is 1. The van der Waals surface area contributed by atoms with Crippen molar-refractivity contribution in [2.45, 2.75) is 19.5 Å². The lowest BCUT2D eigenvalue weighted by Crippen LogP contribution is -2.43. The van der Waals surface area contributed by atoms with E-state index in [9.17, 15) is 14.4 Å². The van der Waals surface area contributed by atoms with Gasteiger partial charge < -0.3 is 9.88 Å². The molecule has 0 saturated carbocycles. The summed E-state index contributed by atoms with van der Waals surface area (Å²) in [5.74, 6) is -0.437. The molecule has 0 radical (unpaired) electrons. The van der Waals surface area contributed by atoms with Crippen LogP contribution >= 0.6 is 11.6 Å². The van der Waals surface area contributed by atoms with Gasteiger partial charge in [-0.1, -0.05) is 23.7 Å². The van der Waals surface area contributed by atoms with E-state index in [2.05, 4.69) is 10.3 Å². The van der Waals surface area contributed by atoms with Crippen LogP contribution in [0.15, 0.2) is 40.2 Å².